The molecular formula is C14H24ClN3. The van der Waals surface area contributed by atoms with Crippen LogP contribution in [0.1, 0.15) is 24.1 Å². The fourth-order valence-corrected chi connectivity index (χ4v) is 2.53. The molecule has 1 aromatic heterocycles. The van der Waals surface area contributed by atoms with Crippen LogP contribution in [0.4, 0.5) is 0 Å². The van der Waals surface area contributed by atoms with E-state index in [1.54, 1.807) is 0 Å². The summed E-state index contributed by atoms with van der Waals surface area (Å²) in [5, 5.41) is 3.28. The van der Waals surface area contributed by atoms with E-state index >= 15 is 0 Å². The van der Waals surface area contributed by atoms with E-state index in [2.05, 4.69) is 28.2 Å². The maximum Gasteiger partial charge on any atom is 0.0573 e. The quantitative estimate of drug-likeness (QED) is 0.909. The zero-order chi connectivity index (χ0) is 12.1. The fraction of sp³-hybridized carbons (Fsp3) is 0.643. The highest BCUT2D eigenvalue weighted by Crippen LogP contribution is 2.18. The highest BCUT2D eigenvalue weighted by molar-refractivity contribution is 5.85. The van der Waals surface area contributed by atoms with Gasteiger partial charge in [0.2, 0.25) is 0 Å². The van der Waals surface area contributed by atoms with Gasteiger partial charge in [0.15, 0.2) is 0 Å². The SMILES string of the molecule is CNCC1CCN(Cc2ncccc2C)CC1.Cl. The van der Waals surface area contributed by atoms with Gasteiger partial charge in [0.25, 0.3) is 0 Å². The number of nitrogens with zero attached hydrogens (tertiary/aromatic N) is 2. The van der Waals surface area contributed by atoms with E-state index in [-0.39, 0.29) is 12.4 Å². The van der Waals surface area contributed by atoms with Crippen molar-refractivity contribution in [1.82, 2.24) is 15.2 Å². The smallest absolute Gasteiger partial charge is 0.0573 e. The molecule has 0 bridgehead atoms. The summed E-state index contributed by atoms with van der Waals surface area (Å²) in [7, 11) is 2.05. The van der Waals surface area contributed by atoms with E-state index in [1.807, 2.05) is 19.3 Å². The summed E-state index contributed by atoms with van der Waals surface area (Å²) in [5.41, 5.74) is 2.55. The molecule has 0 aromatic carbocycles. The Morgan fingerprint density at radius 3 is 2.72 bits per heavy atom. The van der Waals surface area contributed by atoms with Crippen molar-refractivity contribution in [3.8, 4) is 0 Å². The van der Waals surface area contributed by atoms with E-state index in [4.69, 9.17) is 0 Å². The Morgan fingerprint density at radius 2 is 2.11 bits per heavy atom. The first-order valence-electron chi connectivity index (χ1n) is 6.57. The van der Waals surface area contributed by atoms with Crippen LogP contribution in [0.2, 0.25) is 0 Å². The third-order valence-corrected chi connectivity index (χ3v) is 3.69. The number of nitrogens with one attached hydrogen (secondary N) is 1. The van der Waals surface area contributed by atoms with E-state index in [0.29, 0.717) is 0 Å². The van der Waals surface area contributed by atoms with Crippen molar-refractivity contribution in [3.05, 3.63) is 29.6 Å². The first-order valence-corrected chi connectivity index (χ1v) is 6.57. The van der Waals surface area contributed by atoms with Crippen LogP contribution in [-0.4, -0.2) is 36.6 Å². The molecule has 102 valence electrons. The molecule has 2 rings (SSSR count). The summed E-state index contributed by atoms with van der Waals surface area (Å²) >= 11 is 0. The van der Waals surface area contributed by atoms with Gasteiger partial charge in [0.1, 0.15) is 0 Å². The first-order chi connectivity index (χ1) is 8.29. The van der Waals surface area contributed by atoms with Crippen LogP contribution in [0.15, 0.2) is 18.3 Å². The van der Waals surface area contributed by atoms with Crippen molar-refractivity contribution >= 4 is 12.4 Å². The second-order valence-corrected chi connectivity index (χ2v) is 5.04. The molecule has 0 unspecified atom stereocenters. The zero-order valence-electron chi connectivity index (χ0n) is 11.4. The van der Waals surface area contributed by atoms with Crippen molar-refractivity contribution in [2.24, 2.45) is 5.92 Å². The molecule has 1 aliphatic heterocycles. The van der Waals surface area contributed by atoms with Crippen LogP contribution in [0.3, 0.4) is 0 Å². The molecule has 0 atom stereocenters. The number of aryl methyl sites for hydroxylation is 1. The Hall–Kier alpha value is -0.640. The molecule has 0 amide bonds. The maximum absolute atomic E-state index is 4.47. The van der Waals surface area contributed by atoms with Gasteiger partial charge in [-0.15, -0.1) is 12.4 Å². The molecule has 1 saturated heterocycles. The molecule has 1 N–H and O–H groups in total. The lowest BCUT2D eigenvalue weighted by molar-refractivity contribution is 0.175. The van der Waals surface area contributed by atoms with Crippen molar-refractivity contribution in [1.29, 1.82) is 0 Å². The number of likely N-dealkylation sites (tertiary alicyclic amines) is 1. The molecule has 1 aromatic rings. The van der Waals surface area contributed by atoms with Gasteiger partial charge in [-0.05, 0) is 64.0 Å². The summed E-state index contributed by atoms with van der Waals surface area (Å²) in [6, 6.07) is 4.16. The molecule has 4 heteroatoms. The van der Waals surface area contributed by atoms with Crippen molar-refractivity contribution < 1.29 is 0 Å². The molecule has 0 aliphatic carbocycles. The number of aromatic nitrogens is 1. The number of piperidine rings is 1. The Labute approximate surface area is 116 Å². The molecule has 18 heavy (non-hydrogen) atoms. The van der Waals surface area contributed by atoms with E-state index in [0.717, 1.165) is 19.0 Å². The van der Waals surface area contributed by atoms with Gasteiger partial charge in [0.05, 0.1) is 5.69 Å². The maximum atomic E-state index is 4.47. The average molecular weight is 270 g/mol. The minimum Gasteiger partial charge on any atom is -0.319 e. The lowest BCUT2D eigenvalue weighted by Gasteiger charge is -2.31. The summed E-state index contributed by atoms with van der Waals surface area (Å²) in [6.07, 6.45) is 4.52. The van der Waals surface area contributed by atoms with Gasteiger partial charge in [0, 0.05) is 12.7 Å². The highest BCUT2D eigenvalue weighted by atomic mass is 35.5. The number of hydrogen-bond acceptors (Lipinski definition) is 3. The molecule has 0 radical (unpaired) electrons. The third kappa shape index (κ3) is 4.23. The van der Waals surface area contributed by atoms with Crippen LogP contribution < -0.4 is 5.32 Å². The van der Waals surface area contributed by atoms with Gasteiger partial charge >= 0.3 is 0 Å². The van der Waals surface area contributed by atoms with E-state index < -0.39 is 0 Å². The van der Waals surface area contributed by atoms with E-state index in [1.165, 1.54) is 37.2 Å². The topological polar surface area (TPSA) is 28.2 Å². The molecule has 1 fully saturated rings. The third-order valence-electron chi connectivity index (χ3n) is 3.69. The number of hydrogen-bond donors (Lipinski definition) is 1. The minimum atomic E-state index is 0. The van der Waals surface area contributed by atoms with Gasteiger partial charge < -0.3 is 5.32 Å². The minimum absolute atomic E-state index is 0. The molecule has 2 heterocycles. The Balaban J connectivity index is 0.00000162. The van der Waals surface area contributed by atoms with Gasteiger partial charge in [-0.3, -0.25) is 9.88 Å². The van der Waals surface area contributed by atoms with Crippen LogP contribution >= 0.6 is 12.4 Å². The van der Waals surface area contributed by atoms with Gasteiger partial charge in [-0.25, -0.2) is 0 Å². The van der Waals surface area contributed by atoms with Crippen molar-refractivity contribution in [2.75, 3.05) is 26.7 Å². The predicted molar refractivity (Wildman–Crippen MR) is 78.1 cm³/mol. The van der Waals surface area contributed by atoms with Crippen LogP contribution in [0.25, 0.3) is 0 Å². The second-order valence-electron chi connectivity index (χ2n) is 5.04. The van der Waals surface area contributed by atoms with E-state index in [9.17, 15) is 0 Å². The number of halogens is 1. The lowest BCUT2D eigenvalue weighted by Crippen LogP contribution is -2.36. The Kier molecular flexibility index (Phi) is 6.61. The molecule has 3 nitrogen and oxygen atoms in total. The second kappa shape index (κ2) is 7.72. The van der Waals surface area contributed by atoms with Gasteiger partial charge in [-0.1, -0.05) is 6.07 Å². The summed E-state index contributed by atoms with van der Waals surface area (Å²) in [5.74, 6) is 0.862. The lowest BCUT2D eigenvalue weighted by atomic mass is 9.96. The van der Waals surface area contributed by atoms with Crippen molar-refractivity contribution in [3.63, 3.8) is 0 Å². The summed E-state index contributed by atoms with van der Waals surface area (Å²) < 4.78 is 0. The molecule has 1 aliphatic rings. The molecule has 0 saturated carbocycles. The average Bonchev–Trinajstić information content (AvgIpc) is 2.35. The van der Waals surface area contributed by atoms with Crippen LogP contribution in [0, 0.1) is 12.8 Å². The normalized spacial score (nSPS) is 17.4. The Morgan fingerprint density at radius 1 is 1.39 bits per heavy atom. The highest BCUT2D eigenvalue weighted by Gasteiger charge is 2.19. The summed E-state index contributed by atoms with van der Waals surface area (Å²) in [6.45, 7) is 6.75. The monoisotopic (exact) mass is 269 g/mol. The summed E-state index contributed by atoms with van der Waals surface area (Å²) in [4.78, 5) is 7.00. The van der Waals surface area contributed by atoms with Crippen molar-refractivity contribution in [2.45, 2.75) is 26.3 Å². The predicted octanol–water partition coefficient (Wildman–Crippen LogP) is 2.24. The molecular weight excluding hydrogens is 246 g/mol. The standard InChI is InChI=1S/C14H23N3.ClH/c1-12-4-3-7-16-14(12)11-17-8-5-13(6-9-17)10-15-2;/h3-4,7,13,15H,5-6,8-11H2,1-2H3;1H. The first kappa shape index (κ1) is 15.4. The zero-order valence-corrected chi connectivity index (χ0v) is 12.2. The largest absolute Gasteiger partial charge is 0.319 e. The van der Waals surface area contributed by atoms with Gasteiger partial charge in [-0.2, -0.15) is 0 Å². The van der Waals surface area contributed by atoms with Crippen LogP contribution in [0.5, 0.6) is 0 Å². The van der Waals surface area contributed by atoms with Crippen LogP contribution in [-0.2, 0) is 6.54 Å². The fourth-order valence-electron chi connectivity index (χ4n) is 2.53. The molecule has 0 spiro atoms. The number of pyridine rings is 1. The Bertz CT molecular complexity index is 349. The number of rotatable bonds is 4.